The Bertz CT molecular complexity index is 668. The summed E-state index contributed by atoms with van der Waals surface area (Å²) in [7, 11) is 3.99. The number of nitrogens with one attached hydrogen (secondary N) is 2. The van der Waals surface area contributed by atoms with Crippen molar-refractivity contribution < 1.29 is 9.59 Å². The van der Waals surface area contributed by atoms with E-state index in [0.717, 1.165) is 29.8 Å². The molecule has 150 valence electrons. The topological polar surface area (TPSA) is 64.7 Å². The van der Waals surface area contributed by atoms with Crippen LogP contribution in [0.3, 0.4) is 0 Å². The van der Waals surface area contributed by atoms with Crippen LogP contribution >= 0.6 is 0 Å². The average molecular weight is 375 g/mol. The van der Waals surface area contributed by atoms with Gasteiger partial charge < -0.3 is 20.4 Å². The third-order valence-electron chi connectivity index (χ3n) is 5.16. The second kappa shape index (κ2) is 9.11. The van der Waals surface area contributed by atoms with E-state index >= 15 is 0 Å². The lowest BCUT2D eigenvalue weighted by molar-refractivity contribution is -0.136. The summed E-state index contributed by atoms with van der Waals surface area (Å²) in [5.74, 6) is 0.820. The molecule has 0 aliphatic heterocycles. The number of hydrogen-bond acceptors (Lipinski definition) is 3. The van der Waals surface area contributed by atoms with Gasteiger partial charge in [0.1, 0.15) is 0 Å². The van der Waals surface area contributed by atoms with Crippen molar-refractivity contribution in [3.05, 3.63) is 23.8 Å². The number of rotatable bonds is 8. The Labute approximate surface area is 163 Å². The minimum Gasteiger partial charge on any atom is -0.377 e. The highest BCUT2D eigenvalue weighted by molar-refractivity contribution is 5.89. The predicted octanol–water partition coefficient (Wildman–Crippen LogP) is 3.68. The molecule has 0 radical (unpaired) electrons. The fraction of sp³-hybridized carbons (Fsp3) is 0.619. The molecule has 27 heavy (non-hydrogen) atoms. The van der Waals surface area contributed by atoms with Gasteiger partial charge in [0.2, 0.25) is 5.91 Å². The fourth-order valence-corrected chi connectivity index (χ4v) is 3.09. The molecule has 3 amide bonds. The maximum atomic E-state index is 12.9. The van der Waals surface area contributed by atoms with Crippen molar-refractivity contribution in [3.8, 4) is 0 Å². The zero-order valence-corrected chi connectivity index (χ0v) is 17.5. The summed E-state index contributed by atoms with van der Waals surface area (Å²) < 4.78 is 0. The largest absolute Gasteiger partial charge is 0.377 e. The Hall–Kier alpha value is -2.24. The molecule has 1 aromatic rings. The van der Waals surface area contributed by atoms with Gasteiger partial charge in [0.15, 0.2) is 0 Å². The molecule has 1 atom stereocenters. The second-order valence-corrected chi connectivity index (χ2v) is 7.95. The van der Waals surface area contributed by atoms with E-state index in [-0.39, 0.29) is 23.9 Å². The molecule has 0 spiro atoms. The van der Waals surface area contributed by atoms with Gasteiger partial charge in [0.05, 0.1) is 0 Å². The highest BCUT2D eigenvalue weighted by Crippen LogP contribution is 2.34. The van der Waals surface area contributed by atoms with Gasteiger partial charge in [-0.3, -0.25) is 4.79 Å². The van der Waals surface area contributed by atoms with E-state index in [4.69, 9.17) is 0 Å². The number of urea groups is 1. The normalized spacial score (nSPS) is 14.6. The third-order valence-corrected chi connectivity index (χ3v) is 5.16. The number of anilines is 2. The maximum Gasteiger partial charge on any atom is 0.319 e. The number of carbonyl (C=O) groups is 2. The highest BCUT2D eigenvalue weighted by Gasteiger charge is 2.36. The minimum absolute atomic E-state index is 0.160. The Balaban J connectivity index is 2.30. The smallest absolute Gasteiger partial charge is 0.319 e. The maximum absolute atomic E-state index is 12.9. The first kappa shape index (κ1) is 21.1. The first-order valence-electron chi connectivity index (χ1n) is 9.90. The first-order valence-corrected chi connectivity index (χ1v) is 9.90. The second-order valence-electron chi connectivity index (χ2n) is 7.95. The quantitative estimate of drug-likeness (QED) is 0.730. The molecule has 6 heteroatoms. The fourth-order valence-electron chi connectivity index (χ4n) is 3.09. The molecule has 1 aliphatic rings. The van der Waals surface area contributed by atoms with Crippen LogP contribution in [0.1, 0.15) is 46.1 Å². The molecule has 0 unspecified atom stereocenters. The summed E-state index contributed by atoms with van der Waals surface area (Å²) in [6.07, 6.45) is 2.00. The zero-order valence-electron chi connectivity index (χ0n) is 17.5. The van der Waals surface area contributed by atoms with Gasteiger partial charge in [-0.25, -0.2) is 4.79 Å². The average Bonchev–Trinajstić information content (AvgIpc) is 3.43. The van der Waals surface area contributed by atoms with Gasteiger partial charge in [-0.15, -0.1) is 0 Å². The van der Waals surface area contributed by atoms with E-state index in [2.05, 4.69) is 31.4 Å². The molecular formula is C21H34N4O2. The monoisotopic (exact) mass is 374 g/mol. The van der Waals surface area contributed by atoms with Crippen LogP contribution in [0.15, 0.2) is 18.2 Å². The van der Waals surface area contributed by atoms with Crippen molar-refractivity contribution in [2.75, 3.05) is 30.9 Å². The molecule has 1 fully saturated rings. The van der Waals surface area contributed by atoms with Crippen molar-refractivity contribution in [1.29, 1.82) is 0 Å². The van der Waals surface area contributed by atoms with Crippen LogP contribution < -0.4 is 15.5 Å². The minimum atomic E-state index is -0.220. The summed E-state index contributed by atoms with van der Waals surface area (Å²) in [6, 6.07) is 5.81. The Morgan fingerprint density at radius 3 is 2.37 bits per heavy atom. The van der Waals surface area contributed by atoms with E-state index < -0.39 is 0 Å². The Morgan fingerprint density at radius 1 is 1.19 bits per heavy atom. The van der Waals surface area contributed by atoms with E-state index in [1.54, 1.807) is 0 Å². The van der Waals surface area contributed by atoms with E-state index in [9.17, 15) is 9.59 Å². The van der Waals surface area contributed by atoms with Crippen molar-refractivity contribution >= 4 is 23.3 Å². The van der Waals surface area contributed by atoms with Gasteiger partial charge in [-0.2, -0.15) is 0 Å². The molecule has 0 heterocycles. The first-order chi connectivity index (χ1) is 12.7. The van der Waals surface area contributed by atoms with Crippen LogP contribution in [0, 0.1) is 11.8 Å². The molecular weight excluding hydrogens is 340 g/mol. The van der Waals surface area contributed by atoms with E-state index in [0.29, 0.717) is 19.0 Å². The molecule has 1 aliphatic carbocycles. The van der Waals surface area contributed by atoms with Crippen molar-refractivity contribution in [2.24, 2.45) is 11.8 Å². The number of amides is 3. The Kier molecular flexibility index (Phi) is 7.11. The zero-order chi connectivity index (χ0) is 20.1. The van der Waals surface area contributed by atoms with Crippen LogP contribution in [0.2, 0.25) is 0 Å². The van der Waals surface area contributed by atoms with Crippen LogP contribution in [-0.4, -0.2) is 43.5 Å². The van der Waals surface area contributed by atoms with Gasteiger partial charge in [0, 0.05) is 50.5 Å². The van der Waals surface area contributed by atoms with Crippen molar-refractivity contribution in [1.82, 2.24) is 10.2 Å². The SMILES string of the molecule is CCNC(=O)Nc1ccc(N(C)C)c(CN(C(=O)C2CC2)[C@@H](C)C(C)C)c1. The summed E-state index contributed by atoms with van der Waals surface area (Å²) in [4.78, 5) is 28.8. The van der Waals surface area contributed by atoms with Gasteiger partial charge in [-0.05, 0) is 56.4 Å². The molecule has 1 saturated carbocycles. The van der Waals surface area contributed by atoms with E-state index in [1.807, 2.05) is 49.0 Å². The lowest BCUT2D eigenvalue weighted by atomic mass is 10.0. The summed E-state index contributed by atoms with van der Waals surface area (Å²) >= 11 is 0. The molecule has 0 bridgehead atoms. The van der Waals surface area contributed by atoms with Crippen LogP contribution in [0.4, 0.5) is 16.2 Å². The molecule has 0 aromatic heterocycles. The molecule has 6 nitrogen and oxygen atoms in total. The number of nitrogens with zero attached hydrogens (tertiary/aromatic N) is 2. The summed E-state index contributed by atoms with van der Waals surface area (Å²) in [5, 5.41) is 5.61. The van der Waals surface area contributed by atoms with Gasteiger partial charge >= 0.3 is 6.03 Å². The molecule has 1 aromatic carbocycles. The van der Waals surface area contributed by atoms with Crippen LogP contribution in [0.5, 0.6) is 0 Å². The van der Waals surface area contributed by atoms with Crippen LogP contribution in [0.25, 0.3) is 0 Å². The predicted molar refractivity (Wildman–Crippen MR) is 111 cm³/mol. The highest BCUT2D eigenvalue weighted by atomic mass is 16.2. The number of hydrogen-bond donors (Lipinski definition) is 2. The molecule has 2 rings (SSSR count). The van der Waals surface area contributed by atoms with Gasteiger partial charge in [0.25, 0.3) is 0 Å². The lowest BCUT2D eigenvalue weighted by Gasteiger charge is -2.33. The van der Waals surface area contributed by atoms with Crippen LogP contribution in [-0.2, 0) is 11.3 Å². The van der Waals surface area contributed by atoms with Gasteiger partial charge in [-0.1, -0.05) is 13.8 Å². The number of carbonyl (C=O) groups excluding carboxylic acids is 2. The van der Waals surface area contributed by atoms with E-state index in [1.165, 1.54) is 0 Å². The van der Waals surface area contributed by atoms with Crippen molar-refractivity contribution in [2.45, 2.75) is 53.1 Å². The summed E-state index contributed by atoms with van der Waals surface area (Å²) in [5.41, 5.74) is 2.83. The molecule has 2 N–H and O–H groups in total. The molecule has 0 saturated heterocycles. The standard InChI is InChI=1S/C21H34N4O2/c1-7-22-21(27)23-18-10-11-19(24(5)6)17(12-18)13-25(15(4)14(2)3)20(26)16-8-9-16/h10-12,14-16H,7-9,13H2,1-6H3,(H2,22,23,27)/t15-/m0/s1. The Morgan fingerprint density at radius 2 is 1.85 bits per heavy atom. The van der Waals surface area contributed by atoms with Crippen molar-refractivity contribution in [3.63, 3.8) is 0 Å². The summed E-state index contributed by atoms with van der Waals surface area (Å²) in [6.45, 7) is 9.43. The number of benzene rings is 1. The lowest BCUT2D eigenvalue weighted by Crippen LogP contribution is -2.42. The third kappa shape index (κ3) is 5.62.